The van der Waals surface area contributed by atoms with Crippen LogP contribution in [-0.4, -0.2) is 55.8 Å². The van der Waals surface area contributed by atoms with E-state index < -0.39 is 0 Å². The summed E-state index contributed by atoms with van der Waals surface area (Å²) in [4.78, 5) is 2.59. The molecule has 0 aromatic rings. The van der Waals surface area contributed by atoms with E-state index in [4.69, 9.17) is 10.5 Å². The Morgan fingerprint density at radius 2 is 2.12 bits per heavy atom. The number of hydrogen-bond acceptors (Lipinski definition) is 4. The Morgan fingerprint density at radius 3 is 2.65 bits per heavy atom. The molecule has 0 spiro atoms. The second-order valence-corrected chi connectivity index (χ2v) is 6.20. The third-order valence-electron chi connectivity index (χ3n) is 3.64. The maximum atomic E-state index is 5.90. The van der Waals surface area contributed by atoms with E-state index in [2.05, 4.69) is 11.8 Å². The van der Waals surface area contributed by atoms with Crippen molar-refractivity contribution in [2.75, 3.05) is 44.9 Å². The van der Waals surface area contributed by atoms with Gasteiger partial charge in [0.15, 0.2) is 0 Å². The first-order valence-electron chi connectivity index (χ1n) is 6.82. The summed E-state index contributed by atoms with van der Waals surface area (Å²) in [5, 5.41) is 0. The van der Waals surface area contributed by atoms with Gasteiger partial charge in [-0.2, -0.15) is 11.8 Å². The number of rotatable bonds is 8. The molecule has 1 heterocycles. The average molecular weight is 260 g/mol. The van der Waals surface area contributed by atoms with Crippen molar-refractivity contribution < 1.29 is 4.74 Å². The number of ether oxygens (including phenoxy) is 1. The maximum Gasteiger partial charge on any atom is 0.0491 e. The van der Waals surface area contributed by atoms with Crippen LogP contribution in [0.2, 0.25) is 0 Å². The van der Waals surface area contributed by atoms with Crippen LogP contribution in [0.5, 0.6) is 0 Å². The summed E-state index contributed by atoms with van der Waals surface area (Å²) in [6.45, 7) is 6.35. The summed E-state index contributed by atoms with van der Waals surface area (Å²) in [5.74, 6) is 3.23. The molecule has 0 saturated carbocycles. The smallest absolute Gasteiger partial charge is 0.0491 e. The molecule has 17 heavy (non-hydrogen) atoms. The third kappa shape index (κ3) is 5.60. The van der Waals surface area contributed by atoms with Crippen molar-refractivity contribution in [3.05, 3.63) is 0 Å². The van der Waals surface area contributed by atoms with Gasteiger partial charge in [-0.25, -0.2) is 0 Å². The van der Waals surface area contributed by atoms with E-state index in [1.54, 1.807) is 7.11 Å². The molecule has 1 saturated heterocycles. The Hall–Kier alpha value is 0.230. The molecule has 1 atom stereocenters. The lowest BCUT2D eigenvalue weighted by Crippen LogP contribution is -2.46. The number of methoxy groups -OCH3 is 1. The number of likely N-dealkylation sites (tertiary alicyclic amines) is 1. The largest absolute Gasteiger partial charge is 0.384 e. The first-order valence-corrected chi connectivity index (χ1v) is 7.98. The number of hydrogen-bond donors (Lipinski definition) is 1. The summed E-state index contributed by atoms with van der Waals surface area (Å²) in [6.07, 6.45) is 3.78. The second kappa shape index (κ2) is 9.20. The molecule has 0 radical (unpaired) electrons. The second-order valence-electron chi connectivity index (χ2n) is 4.81. The molecular formula is C13H28N2OS. The molecule has 0 bridgehead atoms. The highest BCUT2D eigenvalue weighted by molar-refractivity contribution is 7.99. The van der Waals surface area contributed by atoms with Crippen LogP contribution in [0, 0.1) is 5.92 Å². The number of thioether (sulfide) groups is 1. The number of nitrogens with two attached hydrogens (primary N) is 1. The third-order valence-corrected chi connectivity index (χ3v) is 4.57. The Morgan fingerprint density at radius 1 is 1.41 bits per heavy atom. The summed E-state index contributed by atoms with van der Waals surface area (Å²) >= 11 is 2.02. The van der Waals surface area contributed by atoms with Crippen molar-refractivity contribution in [2.24, 2.45) is 11.7 Å². The highest BCUT2D eigenvalue weighted by Crippen LogP contribution is 2.20. The van der Waals surface area contributed by atoms with E-state index in [1.165, 1.54) is 43.9 Å². The molecule has 1 rings (SSSR count). The van der Waals surface area contributed by atoms with Crippen molar-refractivity contribution in [3.8, 4) is 0 Å². The van der Waals surface area contributed by atoms with Crippen LogP contribution in [0.15, 0.2) is 0 Å². The van der Waals surface area contributed by atoms with Gasteiger partial charge in [-0.3, -0.25) is 4.90 Å². The molecule has 0 aromatic carbocycles. The Labute approximate surface area is 110 Å². The topological polar surface area (TPSA) is 38.5 Å². The minimum absolute atomic E-state index is 0.595. The van der Waals surface area contributed by atoms with Crippen LogP contribution in [0.1, 0.15) is 26.2 Å². The molecule has 0 aromatic heterocycles. The zero-order valence-corrected chi connectivity index (χ0v) is 12.2. The standard InChI is InChI=1S/C13H28N2OS/c1-3-17-9-6-13(10-14)15-7-4-12(5-8-15)11-16-2/h12-13H,3-11,14H2,1-2H3. The normalized spacial score (nSPS) is 20.6. The van der Waals surface area contributed by atoms with E-state index in [-0.39, 0.29) is 0 Å². The minimum atomic E-state index is 0.595. The van der Waals surface area contributed by atoms with Gasteiger partial charge in [-0.15, -0.1) is 0 Å². The van der Waals surface area contributed by atoms with Crippen LogP contribution < -0.4 is 5.73 Å². The fourth-order valence-electron chi connectivity index (χ4n) is 2.53. The van der Waals surface area contributed by atoms with Gasteiger partial charge in [0.1, 0.15) is 0 Å². The van der Waals surface area contributed by atoms with Crippen molar-refractivity contribution in [2.45, 2.75) is 32.2 Å². The van der Waals surface area contributed by atoms with E-state index in [1.807, 2.05) is 11.8 Å². The van der Waals surface area contributed by atoms with E-state index in [0.29, 0.717) is 6.04 Å². The molecule has 0 aliphatic carbocycles. The first-order chi connectivity index (χ1) is 8.31. The van der Waals surface area contributed by atoms with Crippen LogP contribution in [0.4, 0.5) is 0 Å². The SMILES string of the molecule is CCSCCC(CN)N1CCC(COC)CC1. The molecule has 1 aliphatic rings. The van der Waals surface area contributed by atoms with E-state index >= 15 is 0 Å². The predicted molar refractivity (Wildman–Crippen MR) is 76.6 cm³/mol. The number of piperidine rings is 1. The predicted octanol–water partition coefficient (Wildman–Crippen LogP) is 1.82. The lowest BCUT2D eigenvalue weighted by atomic mass is 9.96. The van der Waals surface area contributed by atoms with Crippen molar-refractivity contribution in [1.82, 2.24) is 4.90 Å². The van der Waals surface area contributed by atoms with E-state index in [9.17, 15) is 0 Å². The lowest BCUT2D eigenvalue weighted by Gasteiger charge is -2.37. The molecule has 2 N–H and O–H groups in total. The van der Waals surface area contributed by atoms with Crippen LogP contribution >= 0.6 is 11.8 Å². The highest BCUT2D eigenvalue weighted by Gasteiger charge is 2.23. The van der Waals surface area contributed by atoms with Crippen LogP contribution in [-0.2, 0) is 4.74 Å². The summed E-state index contributed by atoms with van der Waals surface area (Å²) in [5.41, 5.74) is 5.90. The molecule has 3 nitrogen and oxygen atoms in total. The molecule has 1 unspecified atom stereocenters. The van der Waals surface area contributed by atoms with Crippen LogP contribution in [0.25, 0.3) is 0 Å². The molecular weight excluding hydrogens is 232 g/mol. The van der Waals surface area contributed by atoms with E-state index in [0.717, 1.165) is 19.1 Å². The Bertz CT molecular complexity index is 184. The molecule has 1 fully saturated rings. The van der Waals surface area contributed by atoms with Gasteiger partial charge in [0.05, 0.1) is 0 Å². The van der Waals surface area contributed by atoms with Crippen LogP contribution in [0.3, 0.4) is 0 Å². The maximum absolute atomic E-state index is 5.90. The Kier molecular flexibility index (Phi) is 8.27. The van der Waals surface area contributed by atoms with Gasteiger partial charge < -0.3 is 10.5 Å². The van der Waals surface area contributed by atoms with Crippen molar-refractivity contribution in [1.29, 1.82) is 0 Å². The molecule has 1 aliphatic heterocycles. The van der Waals surface area contributed by atoms with Gasteiger partial charge in [0, 0.05) is 26.3 Å². The Balaban J connectivity index is 2.24. The monoisotopic (exact) mass is 260 g/mol. The molecule has 0 amide bonds. The van der Waals surface area contributed by atoms with Crippen molar-refractivity contribution >= 4 is 11.8 Å². The fraction of sp³-hybridized carbons (Fsp3) is 1.00. The molecule has 4 heteroatoms. The quantitative estimate of drug-likeness (QED) is 0.676. The summed E-state index contributed by atoms with van der Waals surface area (Å²) < 4.78 is 5.24. The minimum Gasteiger partial charge on any atom is -0.384 e. The zero-order chi connectivity index (χ0) is 12.5. The van der Waals surface area contributed by atoms with Gasteiger partial charge in [-0.1, -0.05) is 6.92 Å². The summed E-state index contributed by atoms with van der Waals surface area (Å²) in [7, 11) is 1.80. The average Bonchev–Trinajstić information content (AvgIpc) is 2.36. The fourth-order valence-corrected chi connectivity index (χ4v) is 3.26. The van der Waals surface area contributed by atoms with Gasteiger partial charge in [0.25, 0.3) is 0 Å². The highest BCUT2D eigenvalue weighted by atomic mass is 32.2. The number of nitrogens with zero attached hydrogens (tertiary/aromatic N) is 1. The van der Waals surface area contributed by atoms with Gasteiger partial charge in [0.2, 0.25) is 0 Å². The lowest BCUT2D eigenvalue weighted by molar-refractivity contribution is 0.0805. The summed E-state index contributed by atoms with van der Waals surface area (Å²) in [6, 6.07) is 0.595. The van der Waals surface area contributed by atoms with Gasteiger partial charge in [-0.05, 0) is 49.8 Å². The molecule has 102 valence electrons. The first kappa shape index (κ1) is 15.3. The van der Waals surface area contributed by atoms with Crippen molar-refractivity contribution in [3.63, 3.8) is 0 Å². The van der Waals surface area contributed by atoms with Gasteiger partial charge >= 0.3 is 0 Å². The zero-order valence-electron chi connectivity index (χ0n) is 11.4.